The van der Waals surface area contributed by atoms with Gasteiger partial charge in [-0.3, -0.25) is 0 Å². The molecule has 0 aromatic heterocycles. The van der Waals surface area contributed by atoms with Crippen molar-refractivity contribution >= 4 is 0 Å². The molecule has 2 unspecified atom stereocenters. The van der Waals surface area contributed by atoms with Crippen molar-refractivity contribution in [3.8, 4) is 0 Å². The summed E-state index contributed by atoms with van der Waals surface area (Å²) in [4.78, 5) is 0. The van der Waals surface area contributed by atoms with Crippen LogP contribution in [0.2, 0.25) is 0 Å². The van der Waals surface area contributed by atoms with Crippen molar-refractivity contribution in [1.29, 1.82) is 0 Å². The number of hydrogen-bond acceptors (Lipinski definition) is 0. The van der Waals surface area contributed by atoms with Crippen molar-refractivity contribution in [3.05, 3.63) is 12.2 Å². The van der Waals surface area contributed by atoms with E-state index in [1.165, 1.54) is 25.7 Å². The molecule has 0 spiro atoms. The lowest BCUT2D eigenvalue weighted by molar-refractivity contribution is -0.0163. The first-order valence-electron chi connectivity index (χ1n) is 8.28. The summed E-state index contributed by atoms with van der Waals surface area (Å²) in [6, 6.07) is 0. The van der Waals surface area contributed by atoms with Crippen LogP contribution in [-0.4, -0.2) is 0 Å². The Morgan fingerprint density at radius 3 is 2.26 bits per heavy atom. The topological polar surface area (TPSA) is 0 Å². The minimum atomic E-state index is 0.485. The maximum Gasteiger partial charge on any atom is -0.0174 e. The van der Waals surface area contributed by atoms with Gasteiger partial charge in [0.25, 0.3) is 0 Å². The second kappa shape index (κ2) is 4.64. The molecule has 0 aromatic rings. The SMILES string of the molecule is CC=CC1CC2(C(C)CC(C)(C)C(C)C)CC1(C)C2. The maximum atomic E-state index is 2.53. The molecule has 3 aliphatic rings. The molecule has 2 bridgehead atoms. The van der Waals surface area contributed by atoms with E-state index in [0.717, 1.165) is 17.8 Å². The van der Waals surface area contributed by atoms with Crippen LogP contribution >= 0.6 is 0 Å². The van der Waals surface area contributed by atoms with Gasteiger partial charge in [-0.1, -0.05) is 53.7 Å². The zero-order chi connectivity index (χ0) is 14.5. The van der Waals surface area contributed by atoms with Crippen LogP contribution in [0.3, 0.4) is 0 Å². The van der Waals surface area contributed by atoms with Crippen LogP contribution in [0.25, 0.3) is 0 Å². The predicted molar refractivity (Wildman–Crippen MR) is 85.1 cm³/mol. The molecular weight excluding hydrogens is 228 g/mol. The molecule has 0 radical (unpaired) electrons. The van der Waals surface area contributed by atoms with Gasteiger partial charge in [-0.15, -0.1) is 0 Å². The Bertz CT molecular complexity index is 352. The van der Waals surface area contributed by atoms with Gasteiger partial charge in [-0.05, 0) is 66.6 Å². The van der Waals surface area contributed by atoms with Gasteiger partial charge in [0.1, 0.15) is 0 Å². The summed E-state index contributed by atoms with van der Waals surface area (Å²) in [6.45, 7) is 16.9. The van der Waals surface area contributed by atoms with E-state index in [0.29, 0.717) is 16.2 Å². The Morgan fingerprint density at radius 1 is 1.21 bits per heavy atom. The number of rotatable bonds is 5. The summed E-state index contributed by atoms with van der Waals surface area (Å²) in [5, 5.41) is 0. The van der Waals surface area contributed by atoms with Crippen molar-refractivity contribution in [2.75, 3.05) is 0 Å². The van der Waals surface area contributed by atoms with Gasteiger partial charge in [0.05, 0.1) is 0 Å². The van der Waals surface area contributed by atoms with Gasteiger partial charge in [0.15, 0.2) is 0 Å². The van der Waals surface area contributed by atoms with Crippen LogP contribution in [0.4, 0.5) is 0 Å². The Labute approximate surface area is 121 Å². The smallest absolute Gasteiger partial charge is 0.0174 e. The van der Waals surface area contributed by atoms with Gasteiger partial charge in [-0.2, -0.15) is 0 Å². The van der Waals surface area contributed by atoms with E-state index in [1.807, 2.05) is 0 Å². The van der Waals surface area contributed by atoms with Crippen molar-refractivity contribution in [3.63, 3.8) is 0 Å². The third kappa shape index (κ3) is 2.41. The van der Waals surface area contributed by atoms with Crippen LogP contribution in [0, 0.1) is 34.0 Å². The molecule has 0 saturated heterocycles. The quantitative estimate of drug-likeness (QED) is 0.527. The van der Waals surface area contributed by atoms with Gasteiger partial charge in [-0.25, -0.2) is 0 Å². The van der Waals surface area contributed by atoms with Gasteiger partial charge in [0.2, 0.25) is 0 Å². The molecule has 3 fully saturated rings. The predicted octanol–water partition coefficient (Wildman–Crippen LogP) is 6.08. The monoisotopic (exact) mass is 262 g/mol. The van der Waals surface area contributed by atoms with Crippen LogP contribution in [0.15, 0.2) is 12.2 Å². The second-order valence-electron chi connectivity index (χ2n) is 8.95. The average Bonchev–Trinajstić information content (AvgIpc) is 2.66. The molecule has 0 aromatic carbocycles. The summed E-state index contributed by atoms with van der Waals surface area (Å²) >= 11 is 0. The van der Waals surface area contributed by atoms with E-state index < -0.39 is 0 Å². The Hall–Kier alpha value is -0.260. The first-order chi connectivity index (χ1) is 8.65. The minimum absolute atomic E-state index is 0.485. The first-order valence-corrected chi connectivity index (χ1v) is 8.28. The third-order valence-corrected chi connectivity index (χ3v) is 6.90. The minimum Gasteiger partial charge on any atom is -0.0914 e. The van der Waals surface area contributed by atoms with E-state index in [1.54, 1.807) is 0 Å². The highest BCUT2D eigenvalue weighted by molar-refractivity contribution is 5.18. The van der Waals surface area contributed by atoms with Gasteiger partial charge < -0.3 is 0 Å². The highest BCUT2D eigenvalue weighted by Crippen LogP contribution is 2.73. The fraction of sp³-hybridized carbons (Fsp3) is 0.895. The molecule has 3 aliphatic carbocycles. The molecule has 0 N–H and O–H groups in total. The normalized spacial score (nSPS) is 39.9. The molecule has 0 heteroatoms. The lowest BCUT2D eigenvalue weighted by atomic mass is 9.53. The molecule has 0 nitrogen and oxygen atoms in total. The van der Waals surface area contributed by atoms with E-state index in [4.69, 9.17) is 0 Å². The first kappa shape index (κ1) is 15.1. The van der Waals surface area contributed by atoms with Crippen molar-refractivity contribution in [2.45, 2.75) is 74.1 Å². The molecule has 2 atom stereocenters. The van der Waals surface area contributed by atoms with Crippen LogP contribution < -0.4 is 0 Å². The number of allylic oxidation sites excluding steroid dienone is 2. The lowest BCUT2D eigenvalue weighted by Gasteiger charge is -2.51. The largest absolute Gasteiger partial charge is 0.0914 e. The molecule has 3 rings (SSSR count). The molecule has 19 heavy (non-hydrogen) atoms. The molecule has 0 aliphatic heterocycles. The Morgan fingerprint density at radius 2 is 1.79 bits per heavy atom. The third-order valence-electron chi connectivity index (χ3n) is 6.90. The highest BCUT2D eigenvalue weighted by Gasteiger charge is 2.64. The van der Waals surface area contributed by atoms with Crippen LogP contribution in [-0.2, 0) is 0 Å². The van der Waals surface area contributed by atoms with E-state index in [-0.39, 0.29) is 0 Å². The summed E-state index contributed by atoms with van der Waals surface area (Å²) in [5.41, 5.74) is 1.78. The van der Waals surface area contributed by atoms with Gasteiger partial charge in [0, 0.05) is 0 Å². The molecule has 0 amide bonds. The fourth-order valence-corrected chi connectivity index (χ4v) is 4.97. The Kier molecular flexibility index (Phi) is 3.69. The zero-order valence-electron chi connectivity index (χ0n) is 14.2. The zero-order valence-corrected chi connectivity index (χ0v) is 14.2. The summed E-state index contributed by atoms with van der Waals surface area (Å²) in [6.07, 6.45) is 10.5. The van der Waals surface area contributed by atoms with Crippen LogP contribution in [0.5, 0.6) is 0 Å². The van der Waals surface area contributed by atoms with Gasteiger partial charge >= 0.3 is 0 Å². The summed E-state index contributed by atoms with van der Waals surface area (Å²) in [5.74, 6) is 2.51. The van der Waals surface area contributed by atoms with Crippen LogP contribution in [0.1, 0.15) is 74.1 Å². The number of fused-ring (bicyclic) bond motifs is 1. The van der Waals surface area contributed by atoms with Crippen molar-refractivity contribution in [1.82, 2.24) is 0 Å². The number of hydrogen-bond donors (Lipinski definition) is 0. The molecular formula is C19H34. The summed E-state index contributed by atoms with van der Waals surface area (Å²) in [7, 11) is 0. The lowest BCUT2D eigenvalue weighted by Crippen LogP contribution is -2.42. The average molecular weight is 262 g/mol. The second-order valence-corrected chi connectivity index (χ2v) is 8.95. The fourth-order valence-electron chi connectivity index (χ4n) is 4.97. The van der Waals surface area contributed by atoms with Crippen molar-refractivity contribution < 1.29 is 0 Å². The van der Waals surface area contributed by atoms with Crippen molar-refractivity contribution in [2.24, 2.45) is 34.0 Å². The van der Waals surface area contributed by atoms with E-state index in [9.17, 15) is 0 Å². The maximum absolute atomic E-state index is 2.53. The standard InChI is InChI=1S/C19H34/c1-8-9-16-11-19(12-18(16,7)13-19)15(4)10-17(5,6)14(2)3/h8-9,14-16H,10-13H2,1-7H3. The Balaban J connectivity index is 2.05. The van der Waals surface area contributed by atoms with E-state index >= 15 is 0 Å². The summed E-state index contributed by atoms with van der Waals surface area (Å²) < 4.78 is 0. The molecule has 3 saturated carbocycles. The highest BCUT2D eigenvalue weighted by atomic mass is 14.7. The van der Waals surface area contributed by atoms with E-state index in [2.05, 4.69) is 60.6 Å². The molecule has 110 valence electrons. The molecule has 0 heterocycles.